The number of aromatic nitrogens is 3. The van der Waals surface area contributed by atoms with E-state index in [9.17, 15) is 4.39 Å². The smallest absolute Gasteiger partial charge is 0.204 e. The van der Waals surface area contributed by atoms with E-state index in [0.717, 1.165) is 0 Å². The first-order chi connectivity index (χ1) is 6.27. The summed E-state index contributed by atoms with van der Waals surface area (Å²) in [6.45, 7) is 0. The van der Waals surface area contributed by atoms with Gasteiger partial charge in [-0.25, -0.2) is 4.39 Å². The average Bonchev–Trinajstić information content (AvgIpc) is 2.51. The average molecular weight is 242 g/mol. The molecule has 0 saturated carbocycles. The summed E-state index contributed by atoms with van der Waals surface area (Å²) in [6, 6.07) is 6.21. The highest BCUT2D eigenvalue weighted by molar-refractivity contribution is 9.10. The minimum atomic E-state index is -0.280. The first kappa shape index (κ1) is 8.37. The Bertz CT molecular complexity index is 427. The molecule has 66 valence electrons. The maximum absolute atomic E-state index is 12.8. The standard InChI is InChI=1S/C8H5BrFN3/c9-8-12-11-5-13(8)7-3-1-2-6(10)4-7/h1-5H. The van der Waals surface area contributed by atoms with Gasteiger partial charge in [0.15, 0.2) is 0 Å². The van der Waals surface area contributed by atoms with Crippen molar-refractivity contribution in [2.24, 2.45) is 0 Å². The van der Waals surface area contributed by atoms with Crippen LogP contribution in [0.25, 0.3) is 5.69 Å². The van der Waals surface area contributed by atoms with Crippen LogP contribution in [-0.2, 0) is 0 Å². The second-order valence-corrected chi connectivity index (χ2v) is 3.16. The molecular weight excluding hydrogens is 237 g/mol. The third-order valence-electron chi connectivity index (χ3n) is 1.59. The number of nitrogens with zero attached hydrogens (tertiary/aromatic N) is 3. The highest BCUT2D eigenvalue weighted by Crippen LogP contribution is 2.14. The largest absolute Gasteiger partial charge is 0.276 e. The summed E-state index contributed by atoms with van der Waals surface area (Å²) < 4.78 is 15.0. The first-order valence-corrected chi connectivity index (χ1v) is 4.38. The zero-order chi connectivity index (χ0) is 9.26. The zero-order valence-corrected chi connectivity index (χ0v) is 8.07. The lowest BCUT2D eigenvalue weighted by Gasteiger charge is -2.01. The van der Waals surface area contributed by atoms with Crippen LogP contribution in [0.15, 0.2) is 35.3 Å². The Hall–Kier alpha value is -1.23. The van der Waals surface area contributed by atoms with Gasteiger partial charge in [-0.3, -0.25) is 4.57 Å². The topological polar surface area (TPSA) is 30.7 Å². The van der Waals surface area contributed by atoms with Crippen LogP contribution in [0.3, 0.4) is 0 Å². The van der Waals surface area contributed by atoms with Gasteiger partial charge in [-0.1, -0.05) is 6.07 Å². The molecule has 2 rings (SSSR count). The molecule has 2 aromatic rings. The second kappa shape index (κ2) is 3.26. The van der Waals surface area contributed by atoms with E-state index in [1.54, 1.807) is 16.7 Å². The molecule has 0 aliphatic carbocycles. The van der Waals surface area contributed by atoms with Crippen molar-refractivity contribution in [1.82, 2.24) is 14.8 Å². The predicted molar refractivity (Wildman–Crippen MR) is 49.0 cm³/mol. The molecule has 0 bridgehead atoms. The van der Waals surface area contributed by atoms with Crippen molar-refractivity contribution in [2.75, 3.05) is 0 Å². The van der Waals surface area contributed by atoms with Crippen LogP contribution in [0.2, 0.25) is 0 Å². The van der Waals surface area contributed by atoms with E-state index < -0.39 is 0 Å². The van der Waals surface area contributed by atoms with Crippen molar-refractivity contribution in [3.8, 4) is 5.69 Å². The summed E-state index contributed by atoms with van der Waals surface area (Å²) in [6.07, 6.45) is 1.51. The van der Waals surface area contributed by atoms with Gasteiger partial charge in [0.1, 0.15) is 12.1 Å². The first-order valence-electron chi connectivity index (χ1n) is 3.59. The van der Waals surface area contributed by atoms with Gasteiger partial charge in [-0.05, 0) is 34.1 Å². The van der Waals surface area contributed by atoms with E-state index in [4.69, 9.17) is 0 Å². The van der Waals surface area contributed by atoms with E-state index >= 15 is 0 Å². The van der Waals surface area contributed by atoms with Crippen LogP contribution in [0.1, 0.15) is 0 Å². The summed E-state index contributed by atoms with van der Waals surface area (Å²) in [7, 11) is 0. The molecule has 0 saturated heterocycles. The Labute approximate surface area is 82.3 Å². The molecule has 0 atom stereocenters. The summed E-state index contributed by atoms with van der Waals surface area (Å²) >= 11 is 3.19. The number of hydrogen-bond acceptors (Lipinski definition) is 2. The minimum absolute atomic E-state index is 0.280. The zero-order valence-electron chi connectivity index (χ0n) is 6.48. The van der Waals surface area contributed by atoms with Crippen molar-refractivity contribution < 1.29 is 4.39 Å². The summed E-state index contributed by atoms with van der Waals surface area (Å²) in [4.78, 5) is 0. The van der Waals surface area contributed by atoms with E-state index in [1.807, 2.05) is 0 Å². The van der Waals surface area contributed by atoms with Gasteiger partial charge in [-0.2, -0.15) is 0 Å². The van der Waals surface area contributed by atoms with Gasteiger partial charge in [0, 0.05) is 0 Å². The molecule has 0 spiro atoms. The van der Waals surface area contributed by atoms with Crippen LogP contribution in [-0.4, -0.2) is 14.8 Å². The van der Waals surface area contributed by atoms with Crippen LogP contribution >= 0.6 is 15.9 Å². The molecule has 0 N–H and O–H groups in total. The fourth-order valence-corrected chi connectivity index (χ4v) is 1.41. The van der Waals surface area contributed by atoms with Gasteiger partial charge in [0.25, 0.3) is 0 Å². The Morgan fingerprint density at radius 1 is 1.38 bits per heavy atom. The fourth-order valence-electron chi connectivity index (χ4n) is 1.02. The molecule has 13 heavy (non-hydrogen) atoms. The van der Waals surface area contributed by atoms with Gasteiger partial charge in [0.2, 0.25) is 4.73 Å². The highest BCUT2D eigenvalue weighted by atomic mass is 79.9. The van der Waals surface area contributed by atoms with E-state index in [0.29, 0.717) is 10.4 Å². The molecule has 0 fully saturated rings. The molecule has 0 radical (unpaired) electrons. The van der Waals surface area contributed by atoms with Crippen LogP contribution in [0.4, 0.5) is 4.39 Å². The van der Waals surface area contributed by atoms with Crippen molar-refractivity contribution in [3.63, 3.8) is 0 Å². The Morgan fingerprint density at radius 3 is 2.85 bits per heavy atom. The predicted octanol–water partition coefficient (Wildman–Crippen LogP) is 2.17. The molecule has 5 heteroatoms. The highest BCUT2D eigenvalue weighted by Gasteiger charge is 2.02. The fraction of sp³-hybridized carbons (Fsp3) is 0. The maximum Gasteiger partial charge on any atom is 0.204 e. The SMILES string of the molecule is Fc1cccc(-n2cnnc2Br)c1. The van der Waals surface area contributed by atoms with Crippen molar-refractivity contribution >= 4 is 15.9 Å². The third-order valence-corrected chi connectivity index (χ3v) is 2.13. The maximum atomic E-state index is 12.8. The van der Waals surface area contributed by atoms with Gasteiger partial charge in [-0.15, -0.1) is 10.2 Å². The van der Waals surface area contributed by atoms with Crippen molar-refractivity contribution in [1.29, 1.82) is 0 Å². The minimum Gasteiger partial charge on any atom is -0.276 e. The van der Waals surface area contributed by atoms with Crippen molar-refractivity contribution in [3.05, 3.63) is 41.1 Å². The third kappa shape index (κ3) is 1.60. The van der Waals surface area contributed by atoms with Gasteiger partial charge < -0.3 is 0 Å². The number of benzene rings is 1. The summed E-state index contributed by atoms with van der Waals surface area (Å²) in [5.74, 6) is -0.280. The molecule has 1 aromatic heterocycles. The molecular formula is C8H5BrFN3. The van der Waals surface area contributed by atoms with Crippen molar-refractivity contribution in [2.45, 2.75) is 0 Å². The lowest BCUT2D eigenvalue weighted by Crippen LogP contribution is -1.92. The molecule has 0 amide bonds. The number of halogens is 2. The molecule has 0 unspecified atom stereocenters. The number of hydrogen-bond donors (Lipinski definition) is 0. The number of rotatable bonds is 1. The lowest BCUT2D eigenvalue weighted by molar-refractivity contribution is 0.626. The monoisotopic (exact) mass is 241 g/mol. The summed E-state index contributed by atoms with van der Waals surface area (Å²) in [5, 5.41) is 7.40. The van der Waals surface area contributed by atoms with Crippen LogP contribution in [0.5, 0.6) is 0 Å². The van der Waals surface area contributed by atoms with Gasteiger partial charge in [0.05, 0.1) is 5.69 Å². The van der Waals surface area contributed by atoms with Crippen LogP contribution < -0.4 is 0 Å². The Morgan fingerprint density at radius 2 is 2.23 bits per heavy atom. The molecule has 0 aliphatic heterocycles. The Kier molecular flexibility index (Phi) is 2.10. The van der Waals surface area contributed by atoms with E-state index in [1.165, 1.54) is 18.5 Å². The van der Waals surface area contributed by atoms with Crippen LogP contribution in [0, 0.1) is 5.82 Å². The van der Waals surface area contributed by atoms with Gasteiger partial charge >= 0.3 is 0 Å². The quantitative estimate of drug-likeness (QED) is 0.767. The van der Waals surface area contributed by atoms with E-state index in [2.05, 4.69) is 26.1 Å². The molecule has 0 aliphatic rings. The van der Waals surface area contributed by atoms with E-state index in [-0.39, 0.29) is 5.82 Å². The summed E-state index contributed by atoms with van der Waals surface area (Å²) in [5.41, 5.74) is 0.692. The second-order valence-electron chi connectivity index (χ2n) is 2.45. The molecule has 1 heterocycles. The lowest BCUT2D eigenvalue weighted by atomic mass is 10.3. The normalized spacial score (nSPS) is 10.3. The Balaban J connectivity index is 2.53. The molecule has 3 nitrogen and oxygen atoms in total. The molecule has 1 aromatic carbocycles.